The van der Waals surface area contributed by atoms with Gasteiger partial charge in [0.2, 0.25) is 11.0 Å². The van der Waals surface area contributed by atoms with E-state index in [2.05, 4.69) is 20.3 Å². The molecule has 0 bridgehead atoms. The van der Waals surface area contributed by atoms with Crippen LogP contribution in [0.4, 0.5) is 5.13 Å². The van der Waals surface area contributed by atoms with E-state index in [-0.39, 0.29) is 43.2 Å². The molecular formula is C10H15Cl2N7OS2. The number of guanidine groups is 1. The van der Waals surface area contributed by atoms with Crippen molar-refractivity contribution in [2.24, 2.45) is 22.2 Å². The predicted molar refractivity (Wildman–Crippen MR) is 94.1 cm³/mol. The third-order valence-electron chi connectivity index (χ3n) is 2.15. The lowest BCUT2D eigenvalue weighted by atomic mass is 10.4. The summed E-state index contributed by atoms with van der Waals surface area (Å²) in [6.45, 7) is 0.317. The maximum absolute atomic E-state index is 11.1. The molecule has 2 aromatic rings. The van der Waals surface area contributed by atoms with Gasteiger partial charge in [0.05, 0.1) is 13.1 Å². The van der Waals surface area contributed by atoms with Crippen LogP contribution in [0.5, 0.6) is 0 Å². The molecule has 0 radical (unpaired) electrons. The fraction of sp³-hybridized carbons (Fsp3) is 0.200. The summed E-state index contributed by atoms with van der Waals surface area (Å²) in [6, 6.07) is 0. The summed E-state index contributed by atoms with van der Waals surface area (Å²) in [4.78, 5) is 23.6. The smallest absolute Gasteiger partial charge is 0.234 e. The molecule has 0 atom stereocenters. The van der Waals surface area contributed by atoms with Crippen molar-refractivity contribution in [2.45, 2.75) is 6.54 Å². The molecule has 0 fully saturated rings. The summed E-state index contributed by atoms with van der Waals surface area (Å²) in [5, 5.41) is 7.59. The van der Waals surface area contributed by atoms with Crippen molar-refractivity contribution >= 4 is 64.5 Å². The van der Waals surface area contributed by atoms with E-state index in [1.807, 2.05) is 10.8 Å². The van der Waals surface area contributed by atoms with E-state index in [1.54, 1.807) is 0 Å². The van der Waals surface area contributed by atoms with Gasteiger partial charge in [0.25, 0.3) is 0 Å². The number of rotatable bonds is 5. The van der Waals surface area contributed by atoms with Crippen LogP contribution in [-0.4, -0.2) is 28.4 Å². The van der Waals surface area contributed by atoms with Crippen LogP contribution in [0.2, 0.25) is 0 Å². The van der Waals surface area contributed by atoms with Crippen molar-refractivity contribution in [3.63, 3.8) is 0 Å². The van der Waals surface area contributed by atoms with Crippen molar-refractivity contribution in [1.82, 2.24) is 15.3 Å². The average molecular weight is 384 g/mol. The molecule has 2 heterocycles. The first kappa shape index (κ1) is 20.5. The molecule has 7 N–H and O–H groups in total. The minimum absolute atomic E-state index is 0. The number of hydrogen-bond acceptors (Lipinski definition) is 7. The van der Waals surface area contributed by atoms with Crippen LogP contribution in [0.25, 0.3) is 11.4 Å². The molecule has 12 heteroatoms. The van der Waals surface area contributed by atoms with Gasteiger partial charge in [0.1, 0.15) is 16.4 Å². The van der Waals surface area contributed by atoms with Gasteiger partial charge in [-0.25, -0.2) is 9.97 Å². The average Bonchev–Trinajstić information content (AvgIpc) is 3.03. The van der Waals surface area contributed by atoms with E-state index in [9.17, 15) is 4.79 Å². The zero-order valence-electron chi connectivity index (χ0n) is 11.2. The Balaban J connectivity index is 0.00000220. The van der Waals surface area contributed by atoms with E-state index in [0.717, 1.165) is 10.7 Å². The van der Waals surface area contributed by atoms with Crippen LogP contribution in [0, 0.1) is 0 Å². The molecule has 0 saturated carbocycles. The van der Waals surface area contributed by atoms with Gasteiger partial charge < -0.3 is 22.5 Å². The Morgan fingerprint density at radius 3 is 2.45 bits per heavy atom. The summed E-state index contributed by atoms with van der Waals surface area (Å²) < 4.78 is 0. The molecular weight excluding hydrogens is 369 g/mol. The SMILES string of the molecule is Cl.Cl.NCC(=O)NCc1nc(-c2csc(N=C(N)N)n2)cs1. The van der Waals surface area contributed by atoms with Crippen molar-refractivity contribution in [1.29, 1.82) is 0 Å². The fourth-order valence-corrected chi connectivity index (χ4v) is 2.73. The Kier molecular flexibility index (Phi) is 8.90. The zero-order chi connectivity index (χ0) is 14.5. The molecule has 0 saturated heterocycles. The maximum atomic E-state index is 11.1. The Bertz CT molecular complexity index is 639. The number of nitrogens with one attached hydrogen (secondary N) is 1. The first-order chi connectivity index (χ1) is 9.58. The second-order valence-electron chi connectivity index (χ2n) is 3.66. The van der Waals surface area contributed by atoms with Gasteiger partial charge in [-0.15, -0.1) is 47.5 Å². The van der Waals surface area contributed by atoms with Crippen LogP contribution in [0.1, 0.15) is 5.01 Å². The molecule has 0 spiro atoms. The third-order valence-corrected chi connectivity index (χ3v) is 3.74. The molecule has 0 aliphatic heterocycles. The zero-order valence-corrected chi connectivity index (χ0v) is 14.4. The van der Waals surface area contributed by atoms with Gasteiger partial charge in [-0.1, -0.05) is 0 Å². The lowest BCUT2D eigenvalue weighted by Crippen LogP contribution is -2.29. The summed E-state index contributed by atoms with van der Waals surface area (Å²) in [5.41, 5.74) is 17.2. The topological polar surface area (TPSA) is 145 Å². The van der Waals surface area contributed by atoms with Gasteiger partial charge in [-0.05, 0) is 0 Å². The number of thiazole rings is 2. The summed E-state index contributed by atoms with van der Waals surface area (Å²) in [7, 11) is 0. The normalized spacial score (nSPS) is 9.32. The number of halogens is 2. The van der Waals surface area contributed by atoms with Gasteiger partial charge in [0, 0.05) is 10.8 Å². The lowest BCUT2D eigenvalue weighted by Gasteiger charge is -1.98. The van der Waals surface area contributed by atoms with Crippen LogP contribution in [-0.2, 0) is 11.3 Å². The van der Waals surface area contributed by atoms with E-state index in [0.29, 0.717) is 17.4 Å². The number of carbonyl (C=O) groups excluding carboxylic acids is 1. The molecule has 0 aliphatic carbocycles. The van der Waals surface area contributed by atoms with Gasteiger partial charge in [0.15, 0.2) is 5.96 Å². The molecule has 2 rings (SSSR count). The van der Waals surface area contributed by atoms with Crippen LogP contribution < -0.4 is 22.5 Å². The van der Waals surface area contributed by atoms with Gasteiger partial charge >= 0.3 is 0 Å². The Morgan fingerprint density at radius 2 is 1.82 bits per heavy atom. The largest absolute Gasteiger partial charge is 0.370 e. The number of amides is 1. The summed E-state index contributed by atoms with van der Waals surface area (Å²) >= 11 is 2.76. The molecule has 0 aliphatic rings. The number of nitrogens with two attached hydrogens (primary N) is 3. The Labute approximate surface area is 147 Å². The molecule has 122 valence electrons. The quantitative estimate of drug-likeness (QED) is 0.438. The van der Waals surface area contributed by atoms with Crippen molar-refractivity contribution in [3.05, 3.63) is 15.8 Å². The second kappa shape index (κ2) is 9.54. The highest BCUT2D eigenvalue weighted by Gasteiger charge is 2.09. The van der Waals surface area contributed by atoms with Crippen molar-refractivity contribution in [2.75, 3.05) is 6.54 Å². The van der Waals surface area contributed by atoms with Gasteiger partial charge in [-0.2, -0.15) is 4.99 Å². The highest BCUT2D eigenvalue weighted by molar-refractivity contribution is 7.13. The maximum Gasteiger partial charge on any atom is 0.234 e. The van der Waals surface area contributed by atoms with Crippen molar-refractivity contribution in [3.8, 4) is 11.4 Å². The van der Waals surface area contributed by atoms with Gasteiger partial charge in [-0.3, -0.25) is 4.79 Å². The third kappa shape index (κ3) is 5.73. The minimum atomic E-state index is -0.217. The minimum Gasteiger partial charge on any atom is -0.370 e. The Hall–Kier alpha value is -1.46. The monoisotopic (exact) mass is 383 g/mol. The second-order valence-corrected chi connectivity index (χ2v) is 5.44. The molecule has 8 nitrogen and oxygen atoms in total. The molecule has 1 amide bonds. The van der Waals surface area contributed by atoms with Crippen molar-refractivity contribution < 1.29 is 4.79 Å². The highest BCUT2D eigenvalue weighted by Crippen LogP contribution is 2.27. The number of carbonyl (C=O) groups is 1. The van der Waals surface area contributed by atoms with E-state index in [1.165, 1.54) is 22.7 Å². The molecule has 2 aromatic heterocycles. The molecule has 0 unspecified atom stereocenters. The molecule has 22 heavy (non-hydrogen) atoms. The Morgan fingerprint density at radius 1 is 1.18 bits per heavy atom. The molecule has 0 aromatic carbocycles. The number of nitrogens with zero attached hydrogens (tertiary/aromatic N) is 3. The fourth-order valence-electron chi connectivity index (χ4n) is 1.30. The lowest BCUT2D eigenvalue weighted by molar-refractivity contribution is -0.119. The summed E-state index contributed by atoms with van der Waals surface area (Å²) in [6.07, 6.45) is 0. The number of aromatic nitrogens is 2. The predicted octanol–water partition coefficient (Wildman–Crippen LogP) is 0.590. The summed E-state index contributed by atoms with van der Waals surface area (Å²) in [5.74, 6) is -0.250. The first-order valence-corrected chi connectivity index (χ1v) is 7.31. The van der Waals surface area contributed by atoms with Crippen LogP contribution in [0.15, 0.2) is 15.8 Å². The number of hydrogen-bond donors (Lipinski definition) is 4. The van der Waals surface area contributed by atoms with E-state index in [4.69, 9.17) is 17.2 Å². The standard InChI is InChI=1S/C10H13N7OS2.2ClH/c11-1-7(18)14-2-8-15-5(3-19-8)6-4-20-10(16-6)17-9(12)13;;/h3-4H,1-2,11H2,(H,14,18)(H4,12,13,16,17);2*1H. The highest BCUT2D eigenvalue weighted by atomic mass is 35.5. The number of aliphatic imine (C=N–C) groups is 1. The van der Waals surface area contributed by atoms with E-state index < -0.39 is 0 Å². The first-order valence-electron chi connectivity index (χ1n) is 5.55. The van der Waals surface area contributed by atoms with E-state index >= 15 is 0 Å². The van der Waals surface area contributed by atoms with Crippen LogP contribution >= 0.6 is 47.5 Å². The van der Waals surface area contributed by atoms with Crippen LogP contribution in [0.3, 0.4) is 0 Å².